The number of phenols is 1. The van der Waals surface area contributed by atoms with E-state index in [-0.39, 0.29) is 35.3 Å². The summed E-state index contributed by atoms with van der Waals surface area (Å²) in [6, 6.07) is 9.90. The third-order valence-electron chi connectivity index (χ3n) is 3.71. The quantitative estimate of drug-likeness (QED) is 0.426. The van der Waals surface area contributed by atoms with E-state index in [0.29, 0.717) is 23.6 Å². The molecule has 0 bridgehead atoms. The SMILES string of the molecule is CCOc1cc(/C=N/NC(=O)CCC(=O)Nc2ccc(OC)cc2)cc(Cl)c1O. The average molecular weight is 420 g/mol. The van der Waals surface area contributed by atoms with E-state index in [4.69, 9.17) is 21.1 Å². The van der Waals surface area contributed by atoms with Crippen molar-refractivity contribution >= 4 is 35.3 Å². The fourth-order valence-electron chi connectivity index (χ4n) is 2.29. The summed E-state index contributed by atoms with van der Waals surface area (Å²) in [6.45, 7) is 2.14. The van der Waals surface area contributed by atoms with Gasteiger partial charge in [-0.25, -0.2) is 5.43 Å². The maximum atomic E-state index is 11.9. The van der Waals surface area contributed by atoms with Crippen molar-refractivity contribution in [2.45, 2.75) is 19.8 Å². The van der Waals surface area contributed by atoms with Gasteiger partial charge in [0.1, 0.15) is 5.75 Å². The first-order valence-corrected chi connectivity index (χ1v) is 9.21. The Morgan fingerprint density at radius 3 is 2.52 bits per heavy atom. The Morgan fingerprint density at radius 2 is 1.86 bits per heavy atom. The van der Waals surface area contributed by atoms with Gasteiger partial charge in [-0.05, 0) is 48.9 Å². The van der Waals surface area contributed by atoms with Crippen molar-refractivity contribution in [3.05, 3.63) is 47.0 Å². The van der Waals surface area contributed by atoms with Gasteiger partial charge in [0.05, 0.1) is 25.0 Å². The third-order valence-corrected chi connectivity index (χ3v) is 3.99. The first kappa shape index (κ1) is 22.0. The normalized spacial score (nSPS) is 10.6. The lowest BCUT2D eigenvalue weighted by molar-refractivity contribution is -0.124. The number of aromatic hydroxyl groups is 1. The Morgan fingerprint density at radius 1 is 1.17 bits per heavy atom. The van der Waals surface area contributed by atoms with Crippen LogP contribution in [0.2, 0.25) is 5.02 Å². The molecule has 0 aromatic heterocycles. The number of halogens is 1. The Hall–Kier alpha value is -3.26. The zero-order chi connectivity index (χ0) is 21.2. The number of benzene rings is 2. The van der Waals surface area contributed by atoms with Crippen LogP contribution < -0.4 is 20.2 Å². The van der Waals surface area contributed by atoms with Crippen LogP contribution in [0.15, 0.2) is 41.5 Å². The first-order chi connectivity index (χ1) is 13.9. The molecule has 0 spiro atoms. The Balaban J connectivity index is 1.81. The predicted octanol–water partition coefficient (Wildman–Crippen LogP) is 3.32. The van der Waals surface area contributed by atoms with E-state index >= 15 is 0 Å². The van der Waals surface area contributed by atoms with Gasteiger partial charge in [-0.1, -0.05) is 11.6 Å². The highest BCUT2D eigenvalue weighted by molar-refractivity contribution is 6.32. The van der Waals surface area contributed by atoms with Crippen LogP contribution in [0.4, 0.5) is 5.69 Å². The maximum Gasteiger partial charge on any atom is 0.240 e. The molecule has 9 heteroatoms. The highest BCUT2D eigenvalue weighted by Gasteiger charge is 2.09. The zero-order valence-corrected chi connectivity index (χ0v) is 16.8. The average Bonchev–Trinajstić information content (AvgIpc) is 2.71. The highest BCUT2D eigenvalue weighted by Crippen LogP contribution is 2.34. The largest absolute Gasteiger partial charge is 0.503 e. The number of anilines is 1. The molecule has 0 heterocycles. The number of nitrogens with one attached hydrogen (secondary N) is 2. The Bertz CT molecular complexity index is 884. The smallest absolute Gasteiger partial charge is 0.240 e. The van der Waals surface area contributed by atoms with Crippen molar-refractivity contribution in [2.24, 2.45) is 5.10 Å². The molecule has 8 nitrogen and oxygen atoms in total. The minimum absolute atomic E-state index is 0.00685. The van der Waals surface area contributed by atoms with E-state index in [1.165, 1.54) is 12.3 Å². The van der Waals surface area contributed by atoms with Crippen LogP contribution in [0.1, 0.15) is 25.3 Å². The molecule has 0 atom stereocenters. The van der Waals surface area contributed by atoms with Crippen molar-refractivity contribution in [1.29, 1.82) is 0 Å². The van der Waals surface area contributed by atoms with E-state index in [9.17, 15) is 14.7 Å². The van der Waals surface area contributed by atoms with Crippen molar-refractivity contribution < 1.29 is 24.2 Å². The summed E-state index contributed by atoms with van der Waals surface area (Å²) in [4.78, 5) is 23.8. The van der Waals surface area contributed by atoms with E-state index in [1.807, 2.05) is 0 Å². The molecule has 29 heavy (non-hydrogen) atoms. The van der Waals surface area contributed by atoms with Crippen LogP contribution in [0, 0.1) is 0 Å². The summed E-state index contributed by atoms with van der Waals surface area (Å²) in [5.41, 5.74) is 3.49. The van der Waals surface area contributed by atoms with Crippen LogP contribution in [-0.4, -0.2) is 36.9 Å². The highest BCUT2D eigenvalue weighted by atomic mass is 35.5. The second-order valence-electron chi connectivity index (χ2n) is 5.85. The molecule has 2 amide bonds. The van der Waals surface area contributed by atoms with Crippen LogP contribution in [-0.2, 0) is 9.59 Å². The molecule has 0 unspecified atom stereocenters. The molecule has 0 aliphatic heterocycles. The summed E-state index contributed by atoms with van der Waals surface area (Å²) in [6.07, 6.45) is 1.34. The summed E-state index contributed by atoms with van der Waals surface area (Å²) in [5, 5.41) is 16.4. The Kier molecular flexibility index (Phi) is 8.29. The van der Waals surface area contributed by atoms with Crippen molar-refractivity contribution in [3.63, 3.8) is 0 Å². The van der Waals surface area contributed by atoms with Crippen LogP contribution in [0.25, 0.3) is 0 Å². The van der Waals surface area contributed by atoms with E-state index in [0.717, 1.165) is 0 Å². The second-order valence-corrected chi connectivity index (χ2v) is 6.26. The van der Waals surface area contributed by atoms with Gasteiger partial charge in [0, 0.05) is 18.5 Å². The topological polar surface area (TPSA) is 109 Å². The molecule has 2 aromatic carbocycles. The number of amides is 2. The van der Waals surface area contributed by atoms with E-state index < -0.39 is 5.91 Å². The summed E-state index contributed by atoms with van der Waals surface area (Å²) in [5.74, 6) is 0.0473. The summed E-state index contributed by atoms with van der Waals surface area (Å²) in [7, 11) is 1.56. The fourth-order valence-corrected chi connectivity index (χ4v) is 2.51. The van der Waals surface area contributed by atoms with E-state index in [2.05, 4.69) is 15.8 Å². The van der Waals surface area contributed by atoms with Gasteiger partial charge >= 0.3 is 0 Å². The summed E-state index contributed by atoms with van der Waals surface area (Å²) >= 11 is 5.93. The molecular weight excluding hydrogens is 398 g/mol. The lowest BCUT2D eigenvalue weighted by atomic mass is 10.2. The van der Waals surface area contributed by atoms with Gasteiger partial charge in [0.25, 0.3) is 0 Å². The summed E-state index contributed by atoms with van der Waals surface area (Å²) < 4.78 is 10.3. The fraction of sp³-hybridized carbons (Fsp3) is 0.250. The van der Waals surface area contributed by atoms with Crippen molar-refractivity contribution in [2.75, 3.05) is 19.0 Å². The first-order valence-electron chi connectivity index (χ1n) is 8.84. The molecule has 2 rings (SSSR count). The molecule has 2 aromatic rings. The number of rotatable bonds is 9. The van der Waals surface area contributed by atoms with Gasteiger partial charge in [0.15, 0.2) is 11.5 Å². The Labute approximate surface area is 173 Å². The number of hydrazone groups is 1. The van der Waals surface area contributed by atoms with Crippen molar-refractivity contribution in [1.82, 2.24) is 5.43 Å². The van der Waals surface area contributed by atoms with Crippen LogP contribution in [0.3, 0.4) is 0 Å². The molecule has 154 valence electrons. The van der Waals surface area contributed by atoms with Crippen LogP contribution in [0.5, 0.6) is 17.2 Å². The lowest BCUT2D eigenvalue weighted by Gasteiger charge is -2.08. The molecule has 3 N–H and O–H groups in total. The molecule has 0 aliphatic rings. The second kappa shape index (κ2) is 10.9. The number of carbonyl (C=O) groups excluding carboxylic acids is 2. The zero-order valence-electron chi connectivity index (χ0n) is 16.1. The number of ether oxygens (including phenoxy) is 2. The van der Waals surface area contributed by atoms with Crippen LogP contribution >= 0.6 is 11.6 Å². The number of carbonyl (C=O) groups is 2. The maximum absolute atomic E-state index is 11.9. The number of hydrogen-bond acceptors (Lipinski definition) is 6. The van der Waals surface area contributed by atoms with E-state index in [1.54, 1.807) is 44.4 Å². The number of nitrogens with zero attached hydrogens (tertiary/aromatic N) is 1. The monoisotopic (exact) mass is 419 g/mol. The minimum atomic E-state index is -0.416. The number of methoxy groups -OCH3 is 1. The van der Waals surface area contributed by atoms with Gasteiger partial charge in [-0.15, -0.1) is 0 Å². The molecule has 0 aliphatic carbocycles. The minimum Gasteiger partial charge on any atom is -0.503 e. The van der Waals surface area contributed by atoms with Gasteiger partial charge in [-0.2, -0.15) is 5.10 Å². The molecule has 0 saturated heterocycles. The lowest BCUT2D eigenvalue weighted by Crippen LogP contribution is -2.20. The van der Waals surface area contributed by atoms with Crippen molar-refractivity contribution in [3.8, 4) is 17.2 Å². The molecule has 0 radical (unpaired) electrons. The third kappa shape index (κ3) is 7.00. The standard InChI is InChI=1S/C20H22ClN3O5/c1-3-29-17-11-13(10-16(21)20(17)27)12-22-24-19(26)9-8-18(25)23-14-4-6-15(28-2)7-5-14/h4-7,10-12,27H,3,8-9H2,1-2H3,(H,23,25)(H,24,26)/b22-12+. The molecule has 0 fully saturated rings. The molecular formula is C20H22ClN3O5. The van der Waals surface area contributed by atoms with Gasteiger partial charge < -0.3 is 19.9 Å². The number of phenolic OH excluding ortho intramolecular Hbond substituents is 1. The number of hydrogen-bond donors (Lipinski definition) is 3. The molecule has 0 saturated carbocycles. The van der Waals surface area contributed by atoms with Gasteiger partial charge in [0.2, 0.25) is 11.8 Å². The predicted molar refractivity (Wildman–Crippen MR) is 111 cm³/mol. The van der Waals surface area contributed by atoms with Gasteiger partial charge in [-0.3, -0.25) is 9.59 Å².